The van der Waals surface area contributed by atoms with E-state index in [1.165, 1.54) is 0 Å². The Morgan fingerprint density at radius 3 is 1.56 bits per heavy atom. The van der Waals surface area contributed by atoms with Crippen LogP contribution in [-0.2, 0) is 9.47 Å². The van der Waals surface area contributed by atoms with Gasteiger partial charge in [0.2, 0.25) is 0 Å². The molecule has 52 heavy (non-hydrogen) atoms. The van der Waals surface area contributed by atoms with E-state index in [0.29, 0.717) is 35.5 Å². The number of rotatable bonds is 6. The van der Waals surface area contributed by atoms with Crippen LogP contribution in [0.5, 0.6) is 17.2 Å². The summed E-state index contributed by atoms with van der Waals surface area (Å²) in [5.41, 5.74) is 2.23. The summed E-state index contributed by atoms with van der Waals surface area (Å²) in [6.07, 6.45) is 10.6. The molecule has 8 heterocycles. The first-order valence-corrected chi connectivity index (χ1v) is 17.7. The van der Waals surface area contributed by atoms with E-state index in [9.17, 15) is 5.11 Å². The molecule has 8 rings (SSSR count). The number of nitrogens with zero attached hydrogens (tertiary/aromatic N) is 8. The van der Waals surface area contributed by atoms with Crippen LogP contribution < -0.4 is 19.3 Å². The number of halogens is 1. The van der Waals surface area contributed by atoms with Crippen LogP contribution in [-0.4, -0.2) is 99.8 Å². The van der Waals surface area contributed by atoms with Gasteiger partial charge in [0.1, 0.15) is 16.6 Å². The van der Waals surface area contributed by atoms with Gasteiger partial charge < -0.3 is 33.9 Å². The van der Waals surface area contributed by atoms with Gasteiger partial charge >= 0.3 is 0 Å². The average Bonchev–Trinajstić information content (AvgIpc) is 3.17. The minimum absolute atomic E-state index is 0.0527. The molecule has 0 spiro atoms. The molecule has 0 aromatic carbocycles. The van der Waals surface area contributed by atoms with E-state index in [2.05, 4.69) is 34.8 Å². The van der Waals surface area contributed by atoms with Crippen LogP contribution >= 0.6 is 11.6 Å². The number of aromatic nitrogens is 6. The maximum absolute atomic E-state index is 10.2. The van der Waals surface area contributed by atoms with Crippen LogP contribution in [0.15, 0.2) is 73.6 Å². The zero-order chi connectivity index (χ0) is 36.5. The van der Waals surface area contributed by atoms with E-state index in [1.807, 2.05) is 75.2 Å². The zero-order valence-electron chi connectivity index (χ0n) is 29.8. The Morgan fingerprint density at radius 2 is 1.02 bits per heavy atom. The standard InChI is InChI=1S/C15H19N3O2.C12H13N3O2.C11H11ClN2O/c1-11(2)20-14-13-12(4-3-5-16-13)10-17-15(14)18-6-8-19-9-7-18;16-11-10-9(2-1-3-13-10)8-14-12(11)15-4-6-17-7-5-15;1-7(2)15-10-9-8(4-3-5-13-9)6-14-11(10)12/h3-5,10-11H,6-9H2,1-2H3;1-3,8,16H,4-7H2;3-7H,1-2H3. The molecular weight excluding hydrogens is 684 g/mol. The normalized spacial score (nSPS) is 14.6. The molecule has 1 N–H and O–H groups in total. The summed E-state index contributed by atoms with van der Waals surface area (Å²) in [5.74, 6) is 2.96. The van der Waals surface area contributed by atoms with E-state index in [4.69, 9.17) is 30.5 Å². The maximum Gasteiger partial charge on any atom is 0.188 e. The number of aromatic hydroxyl groups is 1. The summed E-state index contributed by atoms with van der Waals surface area (Å²) in [7, 11) is 0. The second-order valence-corrected chi connectivity index (χ2v) is 12.9. The van der Waals surface area contributed by atoms with Crippen molar-refractivity contribution < 1.29 is 24.1 Å². The fourth-order valence-corrected chi connectivity index (χ4v) is 5.89. The van der Waals surface area contributed by atoms with Crippen molar-refractivity contribution >= 4 is 55.9 Å². The molecule has 0 bridgehead atoms. The largest absolute Gasteiger partial charge is 0.503 e. The summed E-state index contributed by atoms with van der Waals surface area (Å²) in [5, 5.41) is 13.3. The Morgan fingerprint density at radius 1 is 0.596 bits per heavy atom. The van der Waals surface area contributed by atoms with Gasteiger partial charge in [-0.25, -0.2) is 15.0 Å². The molecule has 0 unspecified atom stereocenters. The first kappa shape index (κ1) is 36.7. The fourth-order valence-electron chi connectivity index (χ4n) is 5.71. The first-order valence-electron chi connectivity index (χ1n) is 17.3. The van der Waals surface area contributed by atoms with Crippen molar-refractivity contribution in [2.24, 2.45) is 0 Å². The number of morpholine rings is 2. The molecule has 0 atom stereocenters. The molecule has 0 amide bonds. The predicted octanol–water partition coefficient (Wildman–Crippen LogP) is 6.50. The molecule has 0 aliphatic carbocycles. The lowest BCUT2D eigenvalue weighted by molar-refractivity contribution is 0.122. The van der Waals surface area contributed by atoms with Gasteiger partial charge in [0, 0.05) is 79.5 Å². The van der Waals surface area contributed by atoms with Crippen molar-refractivity contribution in [3.63, 3.8) is 0 Å². The Bertz CT molecular complexity index is 2090. The van der Waals surface area contributed by atoms with Gasteiger partial charge in [0.15, 0.2) is 34.0 Å². The Hall–Kier alpha value is -5.11. The van der Waals surface area contributed by atoms with Crippen molar-refractivity contribution in [2.75, 3.05) is 62.4 Å². The summed E-state index contributed by atoms with van der Waals surface area (Å²) in [6, 6.07) is 11.4. The number of pyridine rings is 6. The minimum atomic E-state index is 0.0527. The second-order valence-electron chi connectivity index (χ2n) is 12.6. The average molecular weight is 727 g/mol. The maximum atomic E-state index is 10.2. The van der Waals surface area contributed by atoms with Gasteiger partial charge in [-0.05, 0) is 64.1 Å². The van der Waals surface area contributed by atoms with E-state index in [1.54, 1.807) is 31.0 Å². The molecule has 0 saturated carbocycles. The number of hydrogen-bond acceptors (Lipinski definition) is 13. The van der Waals surface area contributed by atoms with E-state index in [0.717, 1.165) is 78.2 Å². The minimum Gasteiger partial charge on any atom is -0.503 e. The van der Waals surface area contributed by atoms with Crippen LogP contribution in [0.1, 0.15) is 27.7 Å². The molecule has 6 aromatic heterocycles. The summed E-state index contributed by atoms with van der Waals surface area (Å²) >= 11 is 5.97. The van der Waals surface area contributed by atoms with Crippen LogP contribution in [0.2, 0.25) is 5.15 Å². The molecular formula is C38H43ClN8O5. The Labute approximate surface area is 307 Å². The molecule has 2 saturated heterocycles. The van der Waals surface area contributed by atoms with Crippen molar-refractivity contribution in [2.45, 2.75) is 39.9 Å². The molecule has 13 nitrogen and oxygen atoms in total. The number of hydrogen-bond donors (Lipinski definition) is 1. The third-order valence-electron chi connectivity index (χ3n) is 8.07. The van der Waals surface area contributed by atoms with Gasteiger partial charge in [-0.2, -0.15) is 0 Å². The van der Waals surface area contributed by atoms with E-state index < -0.39 is 0 Å². The van der Waals surface area contributed by atoms with Crippen LogP contribution in [0.3, 0.4) is 0 Å². The second kappa shape index (κ2) is 17.4. The third kappa shape index (κ3) is 8.84. The topological polar surface area (TPSA) is 141 Å². The summed E-state index contributed by atoms with van der Waals surface area (Å²) < 4.78 is 22.3. The number of ether oxygens (including phenoxy) is 4. The monoisotopic (exact) mass is 726 g/mol. The van der Waals surface area contributed by atoms with Crippen molar-refractivity contribution in [1.82, 2.24) is 29.9 Å². The van der Waals surface area contributed by atoms with Gasteiger partial charge in [-0.3, -0.25) is 15.0 Å². The number of anilines is 2. The quantitative estimate of drug-likeness (QED) is 0.187. The van der Waals surface area contributed by atoms with Crippen molar-refractivity contribution in [3.8, 4) is 17.2 Å². The molecule has 2 fully saturated rings. The Balaban J connectivity index is 0.000000135. The lowest BCUT2D eigenvalue weighted by Crippen LogP contribution is -2.37. The Kier molecular flexibility index (Phi) is 12.3. The highest BCUT2D eigenvalue weighted by Gasteiger charge is 2.21. The molecule has 2 aliphatic heterocycles. The summed E-state index contributed by atoms with van der Waals surface area (Å²) in [6.45, 7) is 13.9. The highest BCUT2D eigenvalue weighted by molar-refractivity contribution is 6.31. The van der Waals surface area contributed by atoms with Gasteiger partial charge in [0.05, 0.1) is 38.6 Å². The van der Waals surface area contributed by atoms with Crippen LogP contribution in [0, 0.1) is 0 Å². The fraction of sp³-hybridized carbons (Fsp3) is 0.368. The van der Waals surface area contributed by atoms with Crippen LogP contribution in [0.25, 0.3) is 32.7 Å². The zero-order valence-corrected chi connectivity index (χ0v) is 30.5. The first-order chi connectivity index (χ1) is 25.3. The third-order valence-corrected chi connectivity index (χ3v) is 8.34. The number of fused-ring (bicyclic) bond motifs is 3. The molecule has 2 aliphatic rings. The molecule has 272 valence electrons. The highest BCUT2D eigenvalue weighted by atomic mass is 35.5. The lowest BCUT2D eigenvalue weighted by Gasteiger charge is -2.29. The molecule has 0 radical (unpaired) electrons. The van der Waals surface area contributed by atoms with E-state index in [-0.39, 0.29) is 18.0 Å². The molecule has 14 heteroatoms. The van der Waals surface area contributed by atoms with Crippen LogP contribution in [0.4, 0.5) is 11.6 Å². The molecule has 6 aromatic rings. The highest BCUT2D eigenvalue weighted by Crippen LogP contribution is 2.35. The van der Waals surface area contributed by atoms with Gasteiger partial charge in [-0.15, -0.1) is 0 Å². The predicted molar refractivity (Wildman–Crippen MR) is 203 cm³/mol. The SMILES string of the molecule is CC(C)Oc1c(Cl)ncc2cccnc12.CC(C)Oc1c(N2CCOCC2)ncc2cccnc12.Oc1c(N2CCOCC2)ncc2cccnc12. The smallest absolute Gasteiger partial charge is 0.188 e. The van der Waals surface area contributed by atoms with Crippen molar-refractivity contribution in [3.05, 3.63) is 78.7 Å². The summed E-state index contributed by atoms with van der Waals surface area (Å²) in [4.78, 5) is 30.1. The van der Waals surface area contributed by atoms with E-state index >= 15 is 0 Å². The van der Waals surface area contributed by atoms with Crippen molar-refractivity contribution in [1.29, 1.82) is 0 Å². The lowest BCUT2D eigenvalue weighted by atomic mass is 10.2. The van der Waals surface area contributed by atoms with Gasteiger partial charge in [-0.1, -0.05) is 11.6 Å². The van der Waals surface area contributed by atoms with Gasteiger partial charge in [0.25, 0.3) is 0 Å².